The molecule has 4 nitrogen and oxygen atoms in total. The Balaban J connectivity index is 1.45. The second-order valence-corrected chi connectivity index (χ2v) is 11.3. The first kappa shape index (κ1) is 20.4. The molecular formula is C24H38N2O2S. The largest absolute Gasteiger partial charge is 0.376 e. The van der Waals surface area contributed by atoms with E-state index >= 15 is 0 Å². The average molecular weight is 419 g/mol. The van der Waals surface area contributed by atoms with Crippen molar-refractivity contribution in [2.75, 3.05) is 5.75 Å². The molecule has 3 saturated carbocycles. The SMILES string of the molecule is O=C1CCC2SCC(C=C3CC3)C(C(O)N(C3CCCCC3)C3CCCCC3)N12. The van der Waals surface area contributed by atoms with Gasteiger partial charge in [-0.3, -0.25) is 9.69 Å². The Morgan fingerprint density at radius 3 is 2.14 bits per heavy atom. The van der Waals surface area contributed by atoms with Crippen LogP contribution >= 0.6 is 11.8 Å². The van der Waals surface area contributed by atoms with Crippen LogP contribution in [0, 0.1) is 5.92 Å². The second kappa shape index (κ2) is 8.92. The molecule has 162 valence electrons. The van der Waals surface area contributed by atoms with Gasteiger partial charge in [0.05, 0.1) is 11.4 Å². The number of hydrogen-bond acceptors (Lipinski definition) is 4. The molecule has 5 fully saturated rings. The van der Waals surface area contributed by atoms with Crippen LogP contribution < -0.4 is 0 Å². The molecule has 5 heteroatoms. The number of aliphatic hydroxyl groups excluding tert-OH is 1. The van der Waals surface area contributed by atoms with Crippen LogP contribution in [-0.2, 0) is 4.79 Å². The molecule has 2 aliphatic heterocycles. The molecular weight excluding hydrogens is 380 g/mol. The van der Waals surface area contributed by atoms with Gasteiger partial charge in [-0.25, -0.2) is 0 Å². The first-order chi connectivity index (χ1) is 14.2. The Kier molecular flexibility index (Phi) is 6.27. The summed E-state index contributed by atoms with van der Waals surface area (Å²) in [7, 11) is 0. The summed E-state index contributed by atoms with van der Waals surface area (Å²) in [5, 5.41) is 12.3. The Bertz CT molecular complexity index is 602. The van der Waals surface area contributed by atoms with Crippen molar-refractivity contribution < 1.29 is 9.90 Å². The summed E-state index contributed by atoms with van der Waals surface area (Å²) >= 11 is 1.95. The van der Waals surface area contributed by atoms with E-state index in [0.717, 1.165) is 12.2 Å². The van der Waals surface area contributed by atoms with Crippen molar-refractivity contribution in [2.45, 2.75) is 120 Å². The summed E-state index contributed by atoms with van der Waals surface area (Å²) in [5.41, 5.74) is 1.54. The monoisotopic (exact) mass is 418 g/mol. The maximum Gasteiger partial charge on any atom is 0.223 e. The highest BCUT2D eigenvalue weighted by Gasteiger charge is 2.49. The lowest BCUT2D eigenvalue weighted by Gasteiger charge is -2.51. The normalized spacial score (nSPS) is 35.1. The molecule has 0 aromatic rings. The molecule has 1 N–H and O–H groups in total. The van der Waals surface area contributed by atoms with E-state index in [4.69, 9.17) is 0 Å². The van der Waals surface area contributed by atoms with E-state index in [0.29, 0.717) is 24.4 Å². The molecule has 4 unspecified atom stereocenters. The van der Waals surface area contributed by atoms with E-state index in [1.807, 2.05) is 11.8 Å². The predicted octanol–water partition coefficient (Wildman–Crippen LogP) is 4.67. The van der Waals surface area contributed by atoms with Crippen LogP contribution in [0.2, 0.25) is 0 Å². The van der Waals surface area contributed by atoms with Gasteiger partial charge in [0.2, 0.25) is 5.91 Å². The molecule has 29 heavy (non-hydrogen) atoms. The highest BCUT2D eigenvalue weighted by atomic mass is 32.2. The lowest BCUT2D eigenvalue weighted by atomic mass is 9.86. The van der Waals surface area contributed by atoms with Gasteiger partial charge in [-0.15, -0.1) is 11.8 Å². The number of carbonyl (C=O) groups excluding carboxylic acids is 1. The third-order valence-electron chi connectivity index (χ3n) is 8.04. The van der Waals surface area contributed by atoms with Crippen LogP contribution in [0.25, 0.3) is 0 Å². The molecule has 0 aromatic heterocycles. The van der Waals surface area contributed by atoms with Crippen molar-refractivity contribution in [2.24, 2.45) is 5.92 Å². The summed E-state index contributed by atoms with van der Waals surface area (Å²) in [6.45, 7) is 0. The molecule has 0 aromatic carbocycles. The van der Waals surface area contributed by atoms with Gasteiger partial charge in [0.1, 0.15) is 6.23 Å². The van der Waals surface area contributed by atoms with Crippen LogP contribution in [0.3, 0.4) is 0 Å². The van der Waals surface area contributed by atoms with Crippen molar-refractivity contribution in [1.29, 1.82) is 0 Å². The first-order valence-corrected chi connectivity index (χ1v) is 13.3. The molecule has 0 spiro atoms. The fourth-order valence-corrected chi connectivity index (χ4v) is 7.88. The number of thioether (sulfide) groups is 1. The van der Waals surface area contributed by atoms with Crippen LogP contribution in [0.4, 0.5) is 0 Å². The molecule has 1 amide bonds. The van der Waals surface area contributed by atoms with Crippen LogP contribution in [0.5, 0.6) is 0 Å². The third-order valence-corrected chi connectivity index (χ3v) is 9.46. The highest BCUT2D eigenvalue weighted by molar-refractivity contribution is 7.99. The van der Waals surface area contributed by atoms with Gasteiger partial charge >= 0.3 is 0 Å². The maximum absolute atomic E-state index is 12.9. The molecule has 2 saturated heterocycles. The number of amides is 1. The van der Waals surface area contributed by atoms with E-state index in [-0.39, 0.29) is 17.3 Å². The summed E-state index contributed by atoms with van der Waals surface area (Å²) in [5.74, 6) is 1.64. The maximum atomic E-state index is 12.9. The van der Waals surface area contributed by atoms with Gasteiger partial charge in [0.25, 0.3) is 0 Å². The van der Waals surface area contributed by atoms with Crippen molar-refractivity contribution in [3.63, 3.8) is 0 Å². The van der Waals surface area contributed by atoms with Crippen molar-refractivity contribution in [1.82, 2.24) is 9.80 Å². The predicted molar refractivity (Wildman–Crippen MR) is 119 cm³/mol. The average Bonchev–Trinajstić information content (AvgIpc) is 3.50. The molecule has 4 atom stereocenters. The van der Waals surface area contributed by atoms with E-state index in [1.165, 1.54) is 77.0 Å². The fraction of sp³-hybridized carbons (Fsp3) is 0.875. The third kappa shape index (κ3) is 4.29. The number of carbonyl (C=O) groups is 1. The van der Waals surface area contributed by atoms with Gasteiger partial charge in [0.15, 0.2) is 0 Å². The summed E-state index contributed by atoms with van der Waals surface area (Å²) in [6.07, 6.45) is 18.7. The standard InChI is InChI=1S/C24H38N2O2S/c27-21-13-14-22-26(21)23(18(16-29-22)15-17-11-12-17)24(28)25(19-7-3-1-4-8-19)20-9-5-2-6-10-20/h15,18-20,22-24,28H,1-14,16H2. The Morgan fingerprint density at radius 2 is 1.55 bits per heavy atom. The van der Waals surface area contributed by atoms with Gasteiger partial charge in [-0.2, -0.15) is 0 Å². The molecule has 5 rings (SSSR count). The topological polar surface area (TPSA) is 43.8 Å². The smallest absolute Gasteiger partial charge is 0.223 e. The van der Waals surface area contributed by atoms with Crippen molar-refractivity contribution >= 4 is 17.7 Å². The number of fused-ring (bicyclic) bond motifs is 1. The Labute approximate surface area is 180 Å². The number of allylic oxidation sites excluding steroid dienone is 1. The second-order valence-electron chi connectivity index (χ2n) is 10.1. The molecule has 5 aliphatic rings. The zero-order chi connectivity index (χ0) is 19.8. The van der Waals surface area contributed by atoms with Crippen LogP contribution in [0.1, 0.15) is 89.9 Å². The van der Waals surface area contributed by atoms with Gasteiger partial charge in [-0.05, 0) is 44.9 Å². The number of hydrogen-bond donors (Lipinski definition) is 1. The zero-order valence-electron chi connectivity index (χ0n) is 17.8. The minimum Gasteiger partial charge on any atom is -0.376 e. The minimum atomic E-state index is -0.507. The highest BCUT2D eigenvalue weighted by Crippen LogP contribution is 2.44. The minimum absolute atomic E-state index is 0.0480. The van der Waals surface area contributed by atoms with Crippen LogP contribution in [0.15, 0.2) is 11.6 Å². The van der Waals surface area contributed by atoms with Crippen molar-refractivity contribution in [3.05, 3.63) is 11.6 Å². The van der Waals surface area contributed by atoms with Gasteiger partial charge < -0.3 is 10.0 Å². The lowest BCUT2D eigenvalue weighted by Crippen LogP contribution is -2.63. The van der Waals surface area contributed by atoms with E-state index in [9.17, 15) is 9.90 Å². The quantitative estimate of drug-likeness (QED) is 0.520. The van der Waals surface area contributed by atoms with E-state index in [2.05, 4.69) is 15.9 Å². The summed E-state index contributed by atoms with van der Waals surface area (Å²) < 4.78 is 0. The lowest BCUT2D eigenvalue weighted by molar-refractivity contribution is -0.148. The Morgan fingerprint density at radius 1 is 0.931 bits per heavy atom. The summed E-state index contributed by atoms with van der Waals surface area (Å²) in [4.78, 5) is 17.6. The zero-order valence-corrected chi connectivity index (χ0v) is 18.6. The molecule has 0 bridgehead atoms. The molecule has 3 aliphatic carbocycles. The number of rotatable bonds is 5. The number of nitrogens with zero attached hydrogens (tertiary/aromatic N) is 2. The molecule has 2 heterocycles. The molecule has 0 radical (unpaired) electrons. The van der Waals surface area contributed by atoms with Crippen molar-refractivity contribution in [3.8, 4) is 0 Å². The first-order valence-electron chi connectivity index (χ1n) is 12.3. The van der Waals surface area contributed by atoms with E-state index in [1.54, 1.807) is 5.57 Å². The van der Waals surface area contributed by atoms with Gasteiger partial charge in [-0.1, -0.05) is 50.2 Å². The van der Waals surface area contributed by atoms with Crippen LogP contribution in [-0.4, -0.2) is 56.3 Å². The Hall–Kier alpha value is -0.520. The van der Waals surface area contributed by atoms with Gasteiger partial charge in [0, 0.05) is 30.2 Å². The number of aliphatic hydroxyl groups is 1. The summed E-state index contributed by atoms with van der Waals surface area (Å²) in [6, 6.07) is 0.955. The fourth-order valence-electron chi connectivity index (χ4n) is 6.44. The van der Waals surface area contributed by atoms with E-state index < -0.39 is 6.23 Å².